The largest absolute Gasteiger partial charge is 0.379 e. The molecule has 0 saturated carbocycles. The number of nitrogens with zero attached hydrogens (tertiary/aromatic N) is 7. The van der Waals surface area contributed by atoms with Gasteiger partial charge in [0.05, 0.1) is 25.4 Å². The van der Waals surface area contributed by atoms with Crippen molar-refractivity contribution in [3.63, 3.8) is 0 Å². The first-order valence-corrected chi connectivity index (χ1v) is 11.5. The van der Waals surface area contributed by atoms with E-state index in [0.717, 1.165) is 52.9 Å². The highest BCUT2D eigenvalue weighted by Gasteiger charge is 2.20. The zero-order chi connectivity index (χ0) is 21.4. The summed E-state index contributed by atoms with van der Waals surface area (Å²) >= 11 is 3.04. The fraction of sp³-hybridized carbons (Fsp3) is 0.350. The van der Waals surface area contributed by atoms with E-state index in [2.05, 4.69) is 34.3 Å². The second kappa shape index (κ2) is 8.58. The second-order valence-electron chi connectivity index (χ2n) is 7.25. The number of hydrogen-bond donors (Lipinski definition) is 0. The third-order valence-corrected chi connectivity index (χ3v) is 7.22. The summed E-state index contributed by atoms with van der Waals surface area (Å²) in [5.74, 6) is 0.424. The van der Waals surface area contributed by atoms with Gasteiger partial charge in [0.15, 0.2) is 0 Å². The first-order valence-electron chi connectivity index (χ1n) is 9.87. The molecule has 8 nitrogen and oxygen atoms in total. The van der Waals surface area contributed by atoms with Crippen molar-refractivity contribution >= 4 is 33.3 Å². The molecule has 4 heterocycles. The van der Waals surface area contributed by atoms with E-state index in [1.165, 1.54) is 33.5 Å². The van der Waals surface area contributed by atoms with Crippen molar-refractivity contribution < 1.29 is 9.13 Å². The molecule has 4 aromatic rings. The van der Waals surface area contributed by atoms with Gasteiger partial charge in [-0.3, -0.25) is 4.90 Å². The molecular weight excluding hydrogens is 437 g/mol. The number of rotatable bonds is 5. The molecule has 0 radical (unpaired) electrons. The highest BCUT2D eigenvalue weighted by atomic mass is 32.2. The molecule has 1 aromatic carbocycles. The molecule has 5 rings (SSSR count). The standard InChI is InChI=1S/C20H20FN7OS2/c1-12-13(2)30-18-17(12)19(23-16(22-18)11-27-6-8-29-9-7-27)31-20-24-25-26-28(20)15-5-3-4-14(21)10-15/h3-5,10H,6-9,11H2,1-2H3. The maximum atomic E-state index is 13.7. The Morgan fingerprint density at radius 2 is 2.03 bits per heavy atom. The minimum atomic E-state index is -0.342. The van der Waals surface area contributed by atoms with Crippen LogP contribution in [-0.2, 0) is 11.3 Å². The van der Waals surface area contributed by atoms with Crippen molar-refractivity contribution in [2.45, 2.75) is 30.6 Å². The normalized spacial score (nSPS) is 15.1. The first-order chi connectivity index (χ1) is 15.1. The average molecular weight is 458 g/mol. The number of thiophene rings is 1. The number of aryl methyl sites for hydroxylation is 2. The van der Waals surface area contributed by atoms with Crippen molar-refractivity contribution in [1.82, 2.24) is 35.1 Å². The van der Waals surface area contributed by atoms with Crippen molar-refractivity contribution in [3.05, 3.63) is 46.3 Å². The lowest BCUT2D eigenvalue weighted by Crippen LogP contribution is -2.36. The Labute approximate surface area is 186 Å². The lowest BCUT2D eigenvalue weighted by Gasteiger charge is -2.25. The van der Waals surface area contributed by atoms with Gasteiger partial charge < -0.3 is 4.74 Å². The van der Waals surface area contributed by atoms with Gasteiger partial charge in [-0.15, -0.1) is 16.4 Å². The van der Waals surface area contributed by atoms with Gasteiger partial charge in [-0.25, -0.2) is 14.4 Å². The molecule has 160 valence electrons. The molecule has 0 N–H and O–H groups in total. The lowest BCUT2D eigenvalue weighted by molar-refractivity contribution is 0.0330. The van der Waals surface area contributed by atoms with Gasteiger partial charge in [-0.2, -0.15) is 4.68 Å². The Morgan fingerprint density at radius 3 is 2.84 bits per heavy atom. The number of tetrazole rings is 1. The van der Waals surface area contributed by atoms with Crippen LogP contribution in [0.2, 0.25) is 0 Å². The molecule has 31 heavy (non-hydrogen) atoms. The van der Waals surface area contributed by atoms with Crippen molar-refractivity contribution in [1.29, 1.82) is 0 Å². The van der Waals surface area contributed by atoms with Crippen LogP contribution in [0.4, 0.5) is 4.39 Å². The van der Waals surface area contributed by atoms with Crippen LogP contribution in [0, 0.1) is 19.7 Å². The average Bonchev–Trinajstić information content (AvgIpc) is 3.33. The topological polar surface area (TPSA) is 81.8 Å². The monoisotopic (exact) mass is 457 g/mol. The third kappa shape index (κ3) is 4.18. The molecule has 0 bridgehead atoms. The predicted molar refractivity (Wildman–Crippen MR) is 116 cm³/mol. The van der Waals surface area contributed by atoms with E-state index in [4.69, 9.17) is 14.7 Å². The van der Waals surface area contributed by atoms with Gasteiger partial charge in [0.2, 0.25) is 5.16 Å². The van der Waals surface area contributed by atoms with Gasteiger partial charge in [0.1, 0.15) is 21.5 Å². The minimum Gasteiger partial charge on any atom is -0.379 e. The van der Waals surface area contributed by atoms with Crippen LogP contribution in [0.3, 0.4) is 0 Å². The number of aromatic nitrogens is 6. The van der Waals surface area contributed by atoms with Gasteiger partial charge >= 0.3 is 0 Å². The number of halogens is 1. The summed E-state index contributed by atoms with van der Waals surface area (Å²) in [5.41, 5.74) is 1.72. The molecule has 0 unspecified atom stereocenters. The maximum Gasteiger partial charge on any atom is 0.220 e. The number of benzene rings is 1. The van der Waals surface area contributed by atoms with Gasteiger partial charge in [-0.05, 0) is 59.8 Å². The molecule has 0 spiro atoms. The highest BCUT2D eigenvalue weighted by molar-refractivity contribution is 7.99. The third-order valence-electron chi connectivity index (χ3n) is 5.19. The number of hydrogen-bond acceptors (Lipinski definition) is 9. The van der Waals surface area contributed by atoms with E-state index in [1.807, 2.05) is 0 Å². The Bertz CT molecular complexity index is 1240. The molecule has 1 saturated heterocycles. The van der Waals surface area contributed by atoms with E-state index in [-0.39, 0.29) is 5.82 Å². The minimum absolute atomic E-state index is 0.342. The Balaban J connectivity index is 1.54. The summed E-state index contributed by atoms with van der Waals surface area (Å²) < 4.78 is 20.7. The second-order valence-corrected chi connectivity index (χ2v) is 9.41. The summed E-state index contributed by atoms with van der Waals surface area (Å²) in [6.07, 6.45) is 0. The molecule has 0 amide bonds. The summed E-state index contributed by atoms with van der Waals surface area (Å²) in [6, 6.07) is 6.20. The molecule has 11 heteroatoms. The number of ether oxygens (including phenoxy) is 1. The van der Waals surface area contributed by atoms with Gasteiger partial charge in [0.25, 0.3) is 0 Å². The van der Waals surface area contributed by atoms with Crippen molar-refractivity contribution in [2.75, 3.05) is 26.3 Å². The van der Waals surface area contributed by atoms with Crippen LogP contribution in [0.15, 0.2) is 34.4 Å². The van der Waals surface area contributed by atoms with Crippen molar-refractivity contribution in [2.24, 2.45) is 0 Å². The van der Waals surface area contributed by atoms with Crippen LogP contribution in [0.5, 0.6) is 0 Å². The van der Waals surface area contributed by atoms with Crippen LogP contribution in [0.1, 0.15) is 16.3 Å². The van der Waals surface area contributed by atoms with Crippen LogP contribution in [-0.4, -0.2) is 61.4 Å². The quantitative estimate of drug-likeness (QED) is 0.422. The molecule has 3 aromatic heterocycles. The van der Waals surface area contributed by atoms with Gasteiger partial charge in [-0.1, -0.05) is 6.07 Å². The zero-order valence-corrected chi connectivity index (χ0v) is 18.7. The van der Waals surface area contributed by atoms with E-state index >= 15 is 0 Å². The fourth-order valence-electron chi connectivity index (χ4n) is 3.46. The van der Waals surface area contributed by atoms with Gasteiger partial charge in [0, 0.05) is 23.4 Å². The molecular formula is C20H20FN7OS2. The fourth-order valence-corrected chi connectivity index (χ4v) is 5.55. The van der Waals surface area contributed by atoms with E-state index in [0.29, 0.717) is 17.4 Å². The molecule has 1 fully saturated rings. The number of morpholine rings is 1. The summed E-state index contributed by atoms with van der Waals surface area (Å²) in [5, 5.41) is 14.4. The molecule has 1 aliphatic rings. The highest BCUT2D eigenvalue weighted by Crippen LogP contribution is 2.37. The Morgan fingerprint density at radius 1 is 1.19 bits per heavy atom. The van der Waals surface area contributed by atoms with E-state index in [9.17, 15) is 4.39 Å². The van der Waals surface area contributed by atoms with Crippen LogP contribution < -0.4 is 0 Å². The predicted octanol–water partition coefficient (Wildman–Crippen LogP) is 3.41. The zero-order valence-electron chi connectivity index (χ0n) is 17.1. The molecule has 0 atom stereocenters. The maximum absolute atomic E-state index is 13.7. The summed E-state index contributed by atoms with van der Waals surface area (Å²) in [6.45, 7) is 8.02. The summed E-state index contributed by atoms with van der Waals surface area (Å²) in [7, 11) is 0. The SMILES string of the molecule is Cc1sc2nc(CN3CCOCC3)nc(Sc3nnnn3-c3cccc(F)c3)c2c1C. The van der Waals surface area contributed by atoms with Crippen LogP contribution in [0.25, 0.3) is 15.9 Å². The van der Waals surface area contributed by atoms with Crippen LogP contribution >= 0.6 is 23.1 Å². The Kier molecular flexibility index (Phi) is 5.65. The summed E-state index contributed by atoms with van der Waals surface area (Å²) in [4.78, 5) is 14.2. The number of fused-ring (bicyclic) bond motifs is 1. The molecule has 0 aliphatic carbocycles. The first kappa shape index (κ1) is 20.4. The lowest BCUT2D eigenvalue weighted by atomic mass is 10.2. The Hall–Kier alpha value is -2.47. The van der Waals surface area contributed by atoms with Crippen molar-refractivity contribution in [3.8, 4) is 5.69 Å². The van der Waals surface area contributed by atoms with E-state index in [1.54, 1.807) is 23.5 Å². The van der Waals surface area contributed by atoms with E-state index < -0.39 is 0 Å². The smallest absolute Gasteiger partial charge is 0.220 e. The molecule has 1 aliphatic heterocycles.